The fraction of sp³-hybridized carbons (Fsp3) is 0.185. The number of benzene rings is 3. The van der Waals surface area contributed by atoms with E-state index in [1.54, 1.807) is 24.3 Å². The van der Waals surface area contributed by atoms with Gasteiger partial charge in [-0.25, -0.2) is 0 Å². The van der Waals surface area contributed by atoms with Crippen LogP contribution in [0, 0.1) is 0 Å². The summed E-state index contributed by atoms with van der Waals surface area (Å²) in [4.78, 5) is 23.8. The van der Waals surface area contributed by atoms with Crippen molar-refractivity contribution < 1.29 is 9.59 Å². The Morgan fingerprint density at radius 3 is 2.17 bits per heavy atom. The Hall–Kier alpha value is -3.91. The Balaban J connectivity index is 1.55. The summed E-state index contributed by atoms with van der Waals surface area (Å²) in [6.07, 6.45) is 0. The molecule has 4 rings (SSSR count). The summed E-state index contributed by atoms with van der Waals surface area (Å²) in [5, 5.41) is 12.3. The van der Waals surface area contributed by atoms with Gasteiger partial charge in [-0.2, -0.15) is 0 Å². The molecule has 4 aromatic rings. The molecule has 0 atom stereocenters. The number of hydrogen-bond acceptors (Lipinski definition) is 5. The molecule has 3 aromatic carbocycles. The van der Waals surface area contributed by atoms with Gasteiger partial charge in [-0.15, -0.1) is 10.2 Å². The Bertz CT molecular complexity index is 1330. The minimum atomic E-state index is -0.512. The first kappa shape index (κ1) is 24.2. The quantitative estimate of drug-likeness (QED) is 0.356. The normalized spacial score (nSPS) is 11.3. The summed E-state index contributed by atoms with van der Waals surface area (Å²) in [7, 11) is 0. The van der Waals surface area contributed by atoms with Crippen molar-refractivity contribution in [2.45, 2.75) is 31.3 Å². The van der Waals surface area contributed by atoms with Gasteiger partial charge in [0.05, 0.1) is 5.75 Å². The molecule has 1 aromatic heterocycles. The fourth-order valence-corrected chi connectivity index (χ4v) is 4.28. The van der Waals surface area contributed by atoms with E-state index in [0.29, 0.717) is 22.2 Å². The predicted octanol–water partition coefficient (Wildman–Crippen LogP) is 5.06. The molecule has 35 heavy (non-hydrogen) atoms. The van der Waals surface area contributed by atoms with Crippen LogP contribution in [0.1, 0.15) is 36.7 Å². The number of nitrogens with one attached hydrogen (secondary N) is 1. The van der Waals surface area contributed by atoms with Gasteiger partial charge >= 0.3 is 0 Å². The Labute approximate surface area is 208 Å². The van der Waals surface area contributed by atoms with Crippen LogP contribution in [0.15, 0.2) is 84.0 Å². The van der Waals surface area contributed by atoms with Crippen LogP contribution in [0.5, 0.6) is 0 Å². The Kier molecular flexibility index (Phi) is 7.02. The maximum atomic E-state index is 12.6. The summed E-state index contributed by atoms with van der Waals surface area (Å²) in [6, 6.07) is 24.6. The van der Waals surface area contributed by atoms with E-state index < -0.39 is 5.91 Å². The van der Waals surface area contributed by atoms with Gasteiger partial charge < -0.3 is 11.1 Å². The van der Waals surface area contributed by atoms with Gasteiger partial charge in [0.1, 0.15) is 0 Å². The van der Waals surface area contributed by atoms with Gasteiger partial charge in [0.25, 0.3) is 0 Å². The zero-order valence-electron chi connectivity index (χ0n) is 19.9. The molecule has 0 aliphatic rings. The largest absolute Gasteiger partial charge is 0.366 e. The van der Waals surface area contributed by atoms with Gasteiger partial charge in [-0.3, -0.25) is 14.2 Å². The maximum Gasteiger partial charge on any atom is 0.248 e. The van der Waals surface area contributed by atoms with Crippen molar-refractivity contribution in [1.29, 1.82) is 0 Å². The minimum Gasteiger partial charge on any atom is -0.366 e. The molecule has 0 aliphatic heterocycles. The highest BCUT2D eigenvalue weighted by Crippen LogP contribution is 2.30. The van der Waals surface area contributed by atoms with E-state index in [1.807, 2.05) is 34.9 Å². The van der Waals surface area contributed by atoms with Crippen LogP contribution >= 0.6 is 11.8 Å². The topological polar surface area (TPSA) is 103 Å². The number of primary amides is 1. The summed E-state index contributed by atoms with van der Waals surface area (Å²) in [5.74, 6) is 0.149. The minimum absolute atomic E-state index is 0.0557. The van der Waals surface area contributed by atoms with E-state index >= 15 is 0 Å². The zero-order valence-corrected chi connectivity index (χ0v) is 20.7. The van der Waals surface area contributed by atoms with E-state index in [4.69, 9.17) is 5.73 Å². The van der Waals surface area contributed by atoms with Crippen molar-refractivity contribution in [2.75, 3.05) is 11.1 Å². The number of thioether (sulfide) groups is 1. The van der Waals surface area contributed by atoms with Crippen LogP contribution in [-0.4, -0.2) is 32.3 Å². The second kappa shape index (κ2) is 10.1. The molecule has 3 N–H and O–H groups in total. The van der Waals surface area contributed by atoms with Gasteiger partial charge in [0.2, 0.25) is 11.8 Å². The maximum absolute atomic E-state index is 12.6. The summed E-state index contributed by atoms with van der Waals surface area (Å²) >= 11 is 1.30. The van der Waals surface area contributed by atoms with E-state index in [0.717, 1.165) is 11.3 Å². The first-order chi connectivity index (χ1) is 16.7. The lowest BCUT2D eigenvalue weighted by Crippen LogP contribution is -2.15. The molecule has 1 heterocycles. The Morgan fingerprint density at radius 1 is 0.914 bits per heavy atom. The molecule has 178 valence electrons. The van der Waals surface area contributed by atoms with Gasteiger partial charge in [0.15, 0.2) is 11.0 Å². The van der Waals surface area contributed by atoms with Crippen molar-refractivity contribution in [3.63, 3.8) is 0 Å². The zero-order chi connectivity index (χ0) is 25.0. The third-order valence-corrected chi connectivity index (χ3v) is 6.37. The number of nitrogens with two attached hydrogens (primary N) is 1. The lowest BCUT2D eigenvalue weighted by Gasteiger charge is -2.19. The van der Waals surface area contributed by atoms with Crippen LogP contribution in [0.2, 0.25) is 0 Å². The van der Waals surface area contributed by atoms with Gasteiger partial charge in [-0.1, -0.05) is 75.0 Å². The number of para-hydroxylation sites is 1. The third kappa shape index (κ3) is 5.78. The first-order valence-corrected chi connectivity index (χ1v) is 12.2. The number of nitrogens with zero attached hydrogens (tertiary/aromatic N) is 3. The molecule has 2 amide bonds. The van der Waals surface area contributed by atoms with Crippen LogP contribution in [-0.2, 0) is 10.2 Å². The van der Waals surface area contributed by atoms with Crippen LogP contribution in [0.4, 0.5) is 5.69 Å². The first-order valence-electron chi connectivity index (χ1n) is 11.2. The number of anilines is 1. The van der Waals surface area contributed by atoms with E-state index in [9.17, 15) is 9.59 Å². The number of aromatic nitrogens is 3. The monoisotopic (exact) mass is 485 g/mol. The molecule has 0 saturated heterocycles. The van der Waals surface area contributed by atoms with E-state index in [2.05, 4.69) is 60.6 Å². The van der Waals surface area contributed by atoms with Crippen molar-refractivity contribution >= 4 is 29.3 Å². The van der Waals surface area contributed by atoms with E-state index in [-0.39, 0.29) is 17.1 Å². The highest BCUT2D eigenvalue weighted by Gasteiger charge is 2.19. The molecule has 8 heteroatoms. The summed E-state index contributed by atoms with van der Waals surface area (Å²) in [6.45, 7) is 6.54. The highest BCUT2D eigenvalue weighted by atomic mass is 32.2. The number of amides is 2. The molecular weight excluding hydrogens is 458 g/mol. The summed E-state index contributed by atoms with van der Waals surface area (Å²) < 4.78 is 1.96. The average Bonchev–Trinajstić information content (AvgIpc) is 3.27. The van der Waals surface area contributed by atoms with Crippen LogP contribution in [0.25, 0.3) is 17.1 Å². The number of rotatable bonds is 7. The number of carbonyl (C=O) groups is 2. The highest BCUT2D eigenvalue weighted by molar-refractivity contribution is 7.99. The van der Waals surface area contributed by atoms with Gasteiger partial charge in [0, 0.05) is 22.5 Å². The van der Waals surface area contributed by atoms with Crippen molar-refractivity contribution in [3.8, 4) is 17.1 Å². The fourth-order valence-electron chi connectivity index (χ4n) is 3.52. The summed E-state index contributed by atoms with van der Waals surface area (Å²) in [5.41, 5.74) is 9.39. The third-order valence-electron chi connectivity index (χ3n) is 5.44. The molecule has 0 aliphatic carbocycles. The lowest BCUT2D eigenvalue weighted by molar-refractivity contribution is -0.113. The van der Waals surface area contributed by atoms with Crippen molar-refractivity contribution in [3.05, 3.63) is 90.0 Å². The van der Waals surface area contributed by atoms with Crippen LogP contribution in [0.3, 0.4) is 0 Å². The van der Waals surface area contributed by atoms with Crippen molar-refractivity contribution in [1.82, 2.24) is 14.8 Å². The second-order valence-electron chi connectivity index (χ2n) is 9.08. The molecule has 0 fully saturated rings. The Morgan fingerprint density at radius 2 is 1.57 bits per heavy atom. The van der Waals surface area contributed by atoms with Crippen LogP contribution < -0.4 is 11.1 Å². The standard InChI is InChI=1S/C27H27N5O2S/c1-27(2,3)20-13-9-19(10-14-20)25-30-31-26(32(25)22-7-5-4-6-8-22)35-17-23(33)29-21-15-11-18(12-16-21)24(28)34/h4-16H,17H2,1-3H3,(H2,28,34)(H,29,33). The lowest BCUT2D eigenvalue weighted by atomic mass is 9.87. The molecule has 0 unspecified atom stereocenters. The number of carbonyl (C=O) groups excluding carboxylic acids is 2. The molecule has 0 saturated carbocycles. The molecule has 0 radical (unpaired) electrons. The second-order valence-corrected chi connectivity index (χ2v) is 10.0. The van der Waals surface area contributed by atoms with Crippen molar-refractivity contribution in [2.24, 2.45) is 5.73 Å². The molecule has 0 bridgehead atoms. The molecule has 0 spiro atoms. The SMILES string of the molecule is CC(C)(C)c1ccc(-c2nnc(SCC(=O)Nc3ccc(C(N)=O)cc3)n2-c2ccccc2)cc1. The molecular formula is C27H27N5O2S. The van der Waals surface area contributed by atoms with E-state index in [1.165, 1.54) is 17.3 Å². The number of hydrogen-bond donors (Lipinski definition) is 2. The smallest absolute Gasteiger partial charge is 0.248 e. The van der Waals surface area contributed by atoms with Gasteiger partial charge in [-0.05, 0) is 47.4 Å². The molecule has 7 nitrogen and oxygen atoms in total. The predicted molar refractivity (Wildman–Crippen MR) is 140 cm³/mol. The average molecular weight is 486 g/mol.